The number of benzene rings is 3. The molecular weight excluding hydrogens is 470 g/mol. The van der Waals surface area contributed by atoms with E-state index >= 15 is 0 Å². The molecule has 8 nitrogen and oxygen atoms in total. The van der Waals surface area contributed by atoms with Crippen molar-refractivity contribution in [3.8, 4) is 5.75 Å². The molecule has 0 radical (unpaired) electrons. The molecule has 0 saturated heterocycles. The number of nitrogens with two attached hydrogens (primary N) is 1. The molecule has 8 heteroatoms. The number of urea groups is 1. The first kappa shape index (κ1) is 28.1. The molecule has 3 aromatic rings. The van der Waals surface area contributed by atoms with Gasteiger partial charge in [0.05, 0.1) is 19.3 Å². The van der Waals surface area contributed by atoms with Crippen molar-refractivity contribution in [1.82, 2.24) is 5.32 Å². The number of phenols is 1. The molecule has 0 saturated carbocycles. The number of anilines is 1. The number of rotatable bonds is 15. The fraction of sp³-hybridized carbons (Fsp3) is 0.345. The summed E-state index contributed by atoms with van der Waals surface area (Å²) in [4.78, 5) is 11.0. The summed E-state index contributed by atoms with van der Waals surface area (Å²) >= 11 is 0. The maximum atomic E-state index is 11.0. The summed E-state index contributed by atoms with van der Waals surface area (Å²) in [5.74, 6) is 0.0250. The first-order valence-electron chi connectivity index (χ1n) is 12.6. The van der Waals surface area contributed by atoms with Gasteiger partial charge in [-0.25, -0.2) is 4.79 Å². The van der Waals surface area contributed by atoms with Gasteiger partial charge in [-0.2, -0.15) is 0 Å². The Balaban J connectivity index is 1.31. The first-order valence-corrected chi connectivity index (χ1v) is 12.6. The van der Waals surface area contributed by atoms with Crippen LogP contribution in [-0.2, 0) is 30.8 Å². The molecule has 1 atom stereocenters. The van der Waals surface area contributed by atoms with Gasteiger partial charge in [0, 0.05) is 24.4 Å². The highest BCUT2D eigenvalue weighted by molar-refractivity contribution is 5.87. The minimum atomic E-state index is -0.721. The number of unbranched alkanes of at least 4 members (excludes halogenated alkanes) is 1. The minimum absolute atomic E-state index is 0.0250. The number of ether oxygens (including phenoxy) is 1. The minimum Gasteiger partial charge on any atom is -0.508 e. The van der Waals surface area contributed by atoms with E-state index in [1.54, 1.807) is 12.1 Å². The number of hydrogen-bond donors (Lipinski definition) is 6. The lowest BCUT2D eigenvalue weighted by Gasteiger charge is -2.14. The highest BCUT2D eigenvalue weighted by Gasteiger charge is 2.10. The fourth-order valence-corrected chi connectivity index (χ4v) is 4.07. The monoisotopic (exact) mass is 507 g/mol. The number of carbonyl (C=O) groups is 1. The van der Waals surface area contributed by atoms with Crippen LogP contribution in [0.3, 0.4) is 0 Å². The van der Waals surface area contributed by atoms with Crippen LogP contribution in [0.1, 0.15) is 46.8 Å². The summed E-state index contributed by atoms with van der Waals surface area (Å²) in [5.41, 5.74) is 10.4. The zero-order chi connectivity index (χ0) is 26.5. The van der Waals surface area contributed by atoms with Crippen LogP contribution in [-0.4, -0.2) is 41.0 Å². The van der Waals surface area contributed by atoms with Gasteiger partial charge >= 0.3 is 6.03 Å². The summed E-state index contributed by atoms with van der Waals surface area (Å²) in [5, 5.41) is 35.2. The Hall–Kier alpha value is -3.43. The predicted molar refractivity (Wildman–Crippen MR) is 144 cm³/mol. The van der Waals surface area contributed by atoms with Crippen LogP contribution < -0.4 is 16.4 Å². The highest BCUT2D eigenvalue weighted by Crippen LogP contribution is 2.22. The van der Waals surface area contributed by atoms with Crippen molar-refractivity contribution >= 4 is 11.7 Å². The number of primary amides is 1. The predicted octanol–water partition coefficient (Wildman–Crippen LogP) is 3.78. The number of hydrogen-bond acceptors (Lipinski definition) is 6. The normalized spacial score (nSPS) is 11.8. The van der Waals surface area contributed by atoms with Crippen molar-refractivity contribution in [2.45, 2.75) is 45.0 Å². The summed E-state index contributed by atoms with van der Waals surface area (Å²) in [7, 11) is 0. The number of aliphatic hydroxyl groups excluding tert-OH is 2. The quantitative estimate of drug-likeness (QED) is 0.173. The zero-order valence-electron chi connectivity index (χ0n) is 21.0. The van der Waals surface area contributed by atoms with E-state index in [2.05, 4.69) is 28.8 Å². The number of nitrogens with one attached hydrogen (secondary N) is 2. The average Bonchev–Trinajstić information content (AvgIpc) is 2.89. The van der Waals surface area contributed by atoms with E-state index in [9.17, 15) is 20.1 Å². The number of aryl methyl sites for hydroxylation is 1. The standard InChI is InChI=1S/C29H37N3O5/c30-29(36)32-26-9-4-7-21(16-26)5-1-2-14-37-20-23-8-3-6-22(15-23)12-13-31-18-28(35)24-10-11-27(34)25(17-24)19-33/h3-4,6-11,15-17,28,31,33-35H,1-2,5,12-14,18-20H2,(H3,30,32,36)/t28-/m1/s1. The maximum Gasteiger partial charge on any atom is 0.316 e. The van der Waals surface area contributed by atoms with E-state index in [0.29, 0.717) is 43.1 Å². The molecule has 7 N–H and O–H groups in total. The zero-order valence-corrected chi connectivity index (χ0v) is 21.0. The van der Waals surface area contributed by atoms with Crippen LogP contribution in [0.25, 0.3) is 0 Å². The number of aliphatic hydroxyl groups is 2. The Labute approximate surface area is 218 Å². The van der Waals surface area contributed by atoms with Gasteiger partial charge in [-0.1, -0.05) is 42.5 Å². The Morgan fingerprint density at radius 3 is 2.49 bits per heavy atom. The van der Waals surface area contributed by atoms with Gasteiger partial charge in [-0.3, -0.25) is 0 Å². The molecule has 0 bridgehead atoms. The molecule has 0 aromatic heterocycles. The third-order valence-corrected chi connectivity index (χ3v) is 6.05. The third kappa shape index (κ3) is 9.86. The van der Waals surface area contributed by atoms with Gasteiger partial charge in [0.1, 0.15) is 5.75 Å². The second-order valence-electron chi connectivity index (χ2n) is 9.04. The first-order chi connectivity index (χ1) is 17.9. The summed E-state index contributed by atoms with van der Waals surface area (Å²) < 4.78 is 5.86. The lowest BCUT2D eigenvalue weighted by atomic mass is 10.0. The maximum absolute atomic E-state index is 11.0. The van der Waals surface area contributed by atoms with Crippen LogP contribution in [0.2, 0.25) is 0 Å². The van der Waals surface area contributed by atoms with Crippen molar-refractivity contribution in [3.05, 3.63) is 94.5 Å². The van der Waals surface area contributed by atoms with Gasteiger partial charge in [-0.15, -0.1) is 0 Å². The lowest BCUT2D eigenvalue weighted by molar-refractivity contribution is 0.117. The molecule has 0 spiro atoms. The fourth-order valence-electron chi connectivity index (χ4n) is 4.07. The molecule has 0 fully saturated rings. The number of carbonyl (C=O) groups excluding carboxylic acids is 1. The van der Waals surface area contributed by atoms with E-state index < -0.39 is 12.1 Å². The molecule has 2 amide bonds. The largest absolute Gasteiger partial charge is 0.508 e. The highest BCUT2D eigenvalue weighted by atomic mass is 16.5. The van der Waals surface area contributed by atoms with Crippen LogP contribution in [0.4, 0.5) is 10.5 Å². The van der Waals surface area contributed by atoms with E-state index in [4.69, 9.17) is 10.5 Å². The van der Waals surface area contributed by atoms with E-state index in [-0.39, 0.29) is 12.4 Å². The SMILES string of the molecule is NC(=O)Nc1cccc(CCCCOCc2cccc(CCNC[C@@H](O)c3ccc(O)c(CO)c3)c2)c1. The smallest absolute Gasteiger partial charge is 0.316 e. The Bertz CT molecular complexity index is 1140. The van der Waals surface area contributed by atoms with E-state index in [1.165, 1.54) is 11.6 Å². The number of amides is 2. The average molecular weight is 508 g/mol. The van der Waals surface area contributed by atoms with Crippen molar-refractivity contribution in [2.75, 3.05) is 25.0 Å². The van der Waals surface area contributed by atoms with Crippen LogP contribution >= 0.6 is 0 Å². The van der Waals surface area contributed by atoms with E-state index in [0.717, 1.165) is 36.8 Å². The molecule has 0 aliphatic rings. The van der Waals surface area contributed by atoms with Gasteiger partial charge in [0.25, 0.3) is 0 Å². The molecular formula is C29H37N3O5. The van der Waals surface area contributed by atoms with E-state index in [1.807, 2.05) is 30.3 Å². The molecule has 0 heterocycles. The topological polar surface area (TPSA) is 137 Å². The Morgan fingerprint density at radius 1 is 0.946 bits per heavy atom. The molecule has 3 rings (SSSR count). The number of aromatic hydroxyl groups is 1. The van der Waals surface area contributed by atoms with Gasteiger partial charge in [0.15, 0.2) is 0 Å². The molecule has 0 aliphatic carbocycles. The van der Waals surface area contributed by atoms with Crippen molar-refractivity contribution in [3.63, 3.8) is 0 Å². The molecule has 3 aromatic carbocycles. The van der Waals surface area contributed by atoms with Gasteiger partial charge in [0.2, 0.25) is 0 Å². The molecule has 198 valence electrons. The van der Waals surface area contributed by atoms with Gasteiger partial charge < -0.3 is 36.4 Å². The Kier molecular flexibility index (Phi) is 11.4. The van der Waals surface area contributed by atoms with Crippen LogP contribution in [0, 0.1) is 0 Å². The van der Waals surface area contributed by atoms with Crippen molar-refractivity contribution in [2.24, 2.45) is 5.73 Å². The second kappa shape index (κ2) is 15.0. The molecule has 0 aliphatic heterocycles. The summed E-state index contributed by atoms with van der Waals surface area (Å²) in [6.45, 7) is 2.06. The van der Waals surface area contributed by atoms with Crippen molar-refractivity contribution < 1.29 is 24.9 Å². The van der Waals surface area contributed by atoms with Crippen LogP contribution in [0.15, 0.2) is 66.7 Å². The third-order valence-electron chi connectivity index (χ3n) is 6.05. The molecule has 37 heavy (non-hydrogen) atoms. The van der Waals surface area contributed by atoms with Gasteiger partial charge in [-0.05, 0) is 78.7 Å². The molecule has 0 unspecified atom stereocenters. The van der Waals surface area contributed by atoms with Crippen LogP contribution in [0.5, 0.6) is 5.75 Å². The summed E-state index contributed by atoms with van der Waals surface area (Å²) in [6, 6.07) is 20.2. The summed E-state index contributed by atoms with van der Waals surface area (Å²) in [6.07, 6.45) is 2.94. The second-order valence-corrected chi connectivity index (χ2v) is 9.04. The lowest BCUT2D eigenvalue weighted by Crippen LogP contribution is -2.23. The Morgan fingerprint density at radius 2 is 1.70 bits per heavy atom. The van der Waals surface area contributed by atoms with Crippen molar-refractivity contribution in [1.29, 1.82) is 0 Å².